The molecule has 1 heterocycles. The first-order chi connectivity index (χ1) is 13.6. The number of halogens is 1. The highest BCUT2D eigenvalue weighted by Crippen LogP contribution is 2.40. The summed E-state index contributed by atoms with van der Waals surface area (Å²) in [6.45, 7) is 1.24. The number of rotatable bonds is 7. The van der Waals surface area contributed by atoms with E-state index in [9.17, 15) is 4.79 Å². The SMILES string of the molecule is COc1ccc(CCC(=O)N2C[C@@H](N)[C@H](c3ccccc3)C2)c(OC)c1OC.Cl. The lowest BCUT2D eigenvalue weighted by Gasteiger charge is -2.18. The van der Waals surface area contributed by atoms with E-state index in [1.54, 1.807) is 21.3 Å². The zero-order valence-electron chi connectivity index (χ0n) is 17.1. The van der Waals surface area contributed by atoms with Crippen molar-refractivity contribution in [2.45, 2.75) is 24.8 Å². The molecule has 0 unspecified atom stereocenters. The predicted octanol–water partition coefficient (Wildman–Crippen LogP) is 3.02. The molecule has 2 N–H and O–H groups in total. The molecule has 0 spiro atoms. The van der Waals surface area contributed by atoms with Crippen LogP contribution in [0.15, 0.2) is 42.5 Å². The van der Waals surface area contributed by atoms with E-state index in [1.807, 2.05) is 35.2 Å². The quantitative estimate of drug-likeness (QED) is 0.745. The van der Waals surface area contributed by atoms with E-state index in [2.05, 4.69) is 12.1 Å². The van der Waals surface area contributed by atoms with Gasteiger partial charge in [-0.1, -0.05) is 36.4 Å². The van der Waals surface area contributed by atoms with Crippen molar-refractivity contribution in [2.24, 2.45) is 5.73 Å². The van der Waals surface area contributed by atoms with Gasteiger partial charge < -0.3 is 24.8 Å². The van der Waals surface area contributed by atoms with Crippen molar-refractivity contribution < 1.29 is 19.0 Å². The first-order valence-corrected chi connectivity index (χ1v) is 9.45. The van der Waals surface area contributed by atoms with Crippen molar-refractivity contribution in [1.82, 2.24) is 4.90 Å². The van der Waals surface area contributed by atoms with Crippen molar-refractivity contribution in [1.29, 1.82) is 0 Å². The Balaban J connectivity index is 0.00000300. The summed E-state index contributed by atoms with van der Waals surface area (Å²) >= 11 is 0. The van der Waals surface area contributed by atoms with Gasteiger partial charge in [0.05, 0.1) is 21.3 Å². The fourth-order valence-electron chi connectivity index (χ4n) is 3.85. The predicted molar refractivity (Wildman–Crippen MR) is 115 cm³/mol. The van der Waals surface area contributed by atoms with Gasteiger partial charge >= 0.3 is 0 Å². The maximum atomic E-state index is 12.8. The second-order valence-electron chi connectivity index (χ2n) is 6.97. The lowest BCUT2D eigenvalue weighted by molar-refractivity contribution is -0.130. The third kappa shape index (κ3) is 4.95. The van der Waals surface area contributed by atoms with Crippen molar-refractivity contribution >= 4 is 18.3 Å². The minimum atomic E-state index is -0.0398. The normalized spacial score (nSPS) is 18.1. The summed E-state index contributed by atoms with van der Waals surface area (Å²) in [6.07, 6.45) is 0.949. The first kappa shape index (κ1) is 22.8. The number of methoxy groups -OCH3 is 3. The Hall–Kier alpha value is -2.44. The number of carbonyl (C=O) groups excluding carboxylic acids is 1. The molecule has 2 atom stereocenters. The topological polar surface area (TPSA) is 74.0 Å². The van der Waals surface area contributed by atoms with Crippen LogP contribution in [0.25, 0.3) is 0 Å². The van der Waals surface area contributed by atoms with E-state index in [1.165, 1.54) is 5.56 Å². The van der Waals surface area contributed by atoms with Crippen molar-refractivity contribution in [3.05, 3.63) is 53.6 Å². The third-order valence-corrected chi connectivity index (χ3v) is 5.34. The largest absolute Gasteiger partial charge is 0.493 e. The molecular weight excluding hydrogens is 392 g/mol. The molecule has 2 aromatic carbocycles. The van der Waals surface area contributed by atoms with Gasteiger partial charge in [-0.2, -0.15) is 0 Å². The third-order valence-electron chi connectivity index (χ3n) is 5.34. The minimum absolute atomic E-state index is 0. The molecule has 1 aliphatic heterocycles. The van der Waals surface area contributed by atoms with Gasteiger partial charge in [-0.3, -0.25) is 4.79 Å². The number of benzene rings is 2. The molecule has 2 aromatic rings. The molecule has 29 heavy (non-hydrogen) atoms. The number of amides is 1. The Morgan fingerprint density at radius 3 is 2.31 bits per heavy atom. The fraction of sp³-hybridized carbons (Fsp3) is 0.409. The van der Waals surface area contributed by atoms with Crippen LogP contribution in [0.5, 0.6) is 17.2 Å². The Bertz CT molecular complexity index is 816. The Morgan fingerprint density at radius 2 is 1.69 bits per heavy atom. The van der Waals surface area contributed by atoms with Crippen molar-refractivity contribution in [2.75, 3.05) is 34.4 Å². The smallest absolute Gasteiger partial charge is 0.222 e. The molecule has 0 aromatic heterocycles. The average Bonchev–Trinajstić information content (AvgIpc) is 3.13. The highest BCUT2D eigenvalue weighted by Gasteiger charge is 2.33. The zero-order chi connectivity index (χ0) is 20.1. The van der Waals surface area contributed by atoms with Crippen LogP contribution >= 0.6 is 12.4 Å². The van der Waals surface area contributed by atoms with Gasteiger partial charge in [0.25, 0.3) is 0 Å². The highest BCUT2D eigenvalue weighted by molar-refractivity contribution is 5.85. The monoisotopic (exact) mass is 420 g/mol. The summed E-state index contributed by atoms with van der Waals surface area (Å²) < 4.78 is 16.2. The molecular formula is C22H29ClN2O4. The van der Waals surface area contributed by atoms with E-state index in [-0.39, 0.29) is 30.3 Å². The lowest BCUT2D eigenvalue weighted by atomic mass is 9.95. The van der Waals surface area contributed by atoms with Crippen LogP contribution in [0.3, 0.4) is 0 Å². The van der Waals surface area contributed by atoms with E-state index >= 15 is 0 Å². The molecule has 0 bridgehead atoms. The standard InChI is InChI=1S/C22H28N2O4.ClH/c1-26-19-11-9-16(21(27-2)22(19)28-3)10-12-20(25)24-13-17(18(23)14-24)15-7-5-4-6-8-15;/h4-9,11,17-18H,10,12-14,23H2,1-3H3;1H/t17-,18+;/m0./s1. The number of ether oxygens (including phenoxy) is 3. The van der Waals surface area contributed by atoms with E-state index in [0.29, 0.717) is 43.2 Å². The van der Waals surface area contributed by atoms with E-state index < -0.39 is 0 Å². The van der Waals surface area contributed by atoms with Crippen LogP contribution in [0.1, 0.15) is 23.5 Å². The van der Waals surface area contributed by atoms with E-state index in [0.717, 1.165) is 5.56 Å². The van der Waals surface area contributed by atoms with Gasteiger partial charge in [-0.15, -0.1) is 12.4 Å². The molecule has 0 radical (unpaired) electrons. The lowest BCUT2D eigenvalue weighted by Crippen LogP contribution is -2.32. The second kappa shape index (κ2) is 10.4. The maximum Gasteiger partial charge on any atom is 0.222 e. The molecule has 158 valence electrons. The molecule has 1 amide bonds. The Labute approximate surface area is 178 Å². The number of hydrogen-bond donors (Lipinski definition) is 1. The molecule has 1 fully saturated rings. The van der Waals surface area contributed by atoms with Crippen LogP contribution < -0.4 is 19.9 Å². The van der Waals surface area contributed by atoms with Gasteiger partial charge in [0.15, 0.2) is 11.5 Å². The number of hydrogen-bond acceptors (Lipinski definition) is 5. The summed E-state index contributed by atoms with van der Waals surface area (Å²) in [4.78, 5) is 14.7. The Morgan fingerprint density at radius 1 is 1.00 bits per heavy atom. The number of nitrogens with zero attached hydrogens (tertiary/aromatic N) is 1. The highest BCUT2D eigenvalue weighted by atomic mass is 35.5. The van der Waals surface area contributed by atoms with Crippen molar-refractivity contribution in [3.63, 3.8) is 0 Å². The fourth-order valence-corrected chi connectivity index (χ4v) is 3.85. The van der Waals surface area contributed by atoms with Crippen LogP contribution in [-0.4, -0.2) is 51.3 Å². The second-order valence-corrected chi connectivity index (χ2v) is 6.97. The molecule has 1 aliphatic rings. The van der Waals surface area contributed by atoms with Gasteiger partial charge in [-0.25, -0.2) is 0 Å². The van der Waals surface area contributed by atoms with Crippen LogP contribution in [0, 0.1) is 0 Å². The van der Waals surface area contributed by atoms with Crippen LogP contribution in [0.4, 0.5) is 0 Å². The van der Waals surface area contributed by atoms with Crippen molar-refractivity contribution in [3.8, 4) is 17.2 Å². The summed E-state index contributed by atoms with van der Waals surface area (Å²) in [5.41, 5.74) is 8.42. The van der Waals surface area contributed by atoms with Gasteiger partial charge in [0, 0.05) is 31.5 Å². The summed E-state index contributed by atoms with van der Waals surface area (Å²) in [7, 11) is 4.75. The maximum absolute atomic E-state index is 12.8. The summed E-state index contributed by atoms with van der Waals surface area (Å²) in [5.74, 6) is 2.04. The Kier molecular flexibility index (Phi) is 8.17. The molecule has 0 aliphatic carbocycles. The van der Waals surface area contributed by atoms with Gasteiger partial charge in [-0.05, 0) is 23.6 Å². The number of carbonyl (C=O) groups is 1. The molecule has 0 saturated carbocycles. The molecule has 3 rings (SSSR count). The zero-order valence-corrected chi connectivity index (χ0v) is 17.9. The molecule has 7 heteroatoms. The van der Waals surface area contributed by atoms with Gasteiger partial charge in [0.2, 0.25) is 11.7 Å². The van der Waals surface area contributed by atoms with E-state index in [4.69, 9.17) is 19.9 Å². The molecule has 6 nitrogen and oxygen atoms in total. The average molecular weight is 421 g/mol. The number of likely N-dealkylation sites (tertiary alicyclic amines) is 1. The number of aryl methyl sites for hydroxylation is 1. The summed E-state index contributed by atoms with van der Waals surface area (Å²) in [5, 5.41) is 0. The molecule has 1 saturated heterocycles. The summed E-state index contributed by atoms with van der Waals surface area (Å²) in [6, 6.07) is 13.9. The first-order valence-electron chi connectivity index (χ1n) is 9.45. The van der Waals surface area contributed by atoms with Gasteiger partial charge in [0.1, 0.15) is 0 Å². The minimum Gasteiger partial charge on any atom is -0.493 e. The van der Waals surface area contributed by atoms with Crippen LogP contribution in [-0.2, 0) is 11.2 Å². The number of nitrogens with two attached hydrogens (primary N) is 1. The van der Waals surface area contributed by atoms with Crippen LogP contribution in [0.2, 0.25) is 0 Å².